The van der Waals surface area contributed by atoms with Crippen molar-refractivity contribution in [2.45, 2.75) is 38.6 Å². The SMILES string of the molecule is CC1(C(=O)O)CCCCC1Nc1nccc2sccc12. The van der Waals surface area contributed by atoms with E-state index in [0.717, 1.165) is 36.9 Å². The van der Waals surface area contributed by atoms with Crippen LogP contribution in [0, 0.1) is 5.41 Å². The smallest absolute Gasteiger partial charge is 0.311 e. The fourth-order valence-corrected chi connectivity index (χ4v) is 3.78. The number of carboxylic acid groups (broad SMARTS) is 1. The third-order valence-corrected chi connectivity index (χ3v) is 5.27. The third kappa shape index (κ3) is 2.16. The van der Waals surface area contributed by atoms with Crippen LogP contribution < -0.4 is 5.32 Å². The normalized spacial score (nSPS) is 26.6. The van der Waals surface area contributed by atoms with Crippen molar-refractivity contribution in [1.29, 1.82) is 0 Å². The van der Waals surface area contributed by atoms with Crippen LogP contribution in [0.3, 0.4) is 0 Å². The Morgan fingerprint density at radius 2 is 2.35 bits per heavy atom. The molecule has 0 aromatic carbocycles. The second-order valence-corrected chi connectivity index (χ2v) is 6.60. The van der Waals surface area contributed by atoms with E-state index in [1.165, 1.54) is 4.70 Å². The molecule has 0 amide bonds. The Morgan fingerprint density at radius 3 is 3.15 bits per heavy atom. The number of hydrogen-bond donors (Lipinski definition) is 2. The molecule has 1 aliphatic rings. The first-order valence-corrected chi connectivity index (χ1v) is 7.81. The Balaban J connectivity index is 1.93. The molecule has 1 fully saturated rings. The number of thiophene rings is 1. The Hall–Kier alpha value is -1.62. The van der Waals surface area contributed by atoms with Gasteiger partial charge in [-0.05, 0) is 37.3 Å². The largest absolute Gasteiger partial charge is 0.481 e. The van der Waals surface area contributed by atoms with Crippen molar-refractivity contribution >= 4 is 33.2 Å². The topological polar surface area (TPSA) is 62.2 Å². The van der Waals surface area contributed by atoms with Gasteiger partial charge in [-0.1, -0.05) is 12.8 Å². The quantitative estimate of drug-likeness (QED) is 0.904. The zero-order chi connectivity index (χ0) is 14.2. The van der Waals surface area contributed by atoms with Crippen LogP contribution in [0.25, 0.3) is 10.1 Å². The van der Waals surface area contributed by atoms with Crippen molar-refractivity contribution in [3.05, 3.63) is 23.7 Å². The Labute approximate surface area is 121 Å². The van der Waals surface area contributed by atoms with Gasteiger partial charge in [-0.3, -0.25) is 4.79 Å². The molecule has 0 radical (unpaired) electrons. The van der Waals surface area contributed by atoms with E-state index in [-0.39, 0.29) is 6.04 Å². The predicted molar refractivity (Wildman–Crippen MR) is 81.2 cm³/mol. The minimum absolute atomic E-state index is 0.0632. The van der Waals surface area contributed by atoms with Crippen LogP contribution in [0.1, 0.15) is 32.6 Å². The summed E-state index contributed by atoms with van der Waals surface area (Å²) in [6.07, 6.45) is 5.43. The van der Waals surface area contributed by atoms with E-state index >= 15 is 0 Å². The molecule has 2 heterocycles. The molecule has 1 saturated carbocycles. The number of carbonyl (C=O) groups is 1. The maximum atomic E-state index is 11.6. The van der Waals surface area contributed by atoms with E-state index < -0.39 is 11.4 Å². The van der Waals surface area contributed by atoms with Crippen LogP contribution in [-0.2, 0) is 4.79 Å². The molecule has 0 aliphatic heterocycles. The maximum Gasteiger partial charge on any atom is 0.311 e. The van der Waals surface area contributed by atoms with Crippen molar-refractivity contribution in [2.75, 3.05) is 5.32 Å². The number of fused-ring (bicyclic) bond motifs is 1. The summed E-state index contributed by atoms with van der Waals surface area (Å²) in [5.41, 5.74) is -0.710. The van der Waals surface area contributed by atoms with E-state index in [2.05, 4.69) is 10.3 Å². The number of nitrogens with zero attached hydrogens (tertiary/aromatic N) is 1. The lowest BCUT2D eigenvalue weighted by Crippen LogP contribution is -2.46. The fourth-order valence-electron chi connectivity index (χ4n) is 3.00. The maximum absolute atomic E-state index is 11.6. The molecule has 20 heavy (non-hydrogen) atoms. The van der Waals surface area contributed by atoms with Crippen molar-refractivity contribution in [3.63, 3.8) is 0 Å². The fraction of sp³-hybridized carbons (Fsp3) is 0.467. The molecule has 106 valence electrons. The molecule has 0 bridgehead atoms. The summed E-state index contributed by atoms with van der Waals surface area (Å²) >= 11 is 1.67. The Bertz CT molecular complexity index is 640. The van der Waals surface area contributed by atoms with Gasteiger partial charge in [0.15, 0.2) is 0 Å². The number of nitrogens with one attached hydrogen (secondary N) is 1. The van der Waals surface area contributed by atoms with Gasteiger partial charge < -0.3 is 10.4 Å². The summed E-state index contributed by atoms with van der Waals surface area (Å²) < 4.78 is 1.18. The minimum atomic E-state index is -0.716. The minimum Gasteiger partial charge on any atom is -0.481 e. The molecule has 3 rings (SSSR count). The molecule has 2 aromatic heterocycles. The van der Waals surface area contributed by atoms with Crippen molar-refractivity contribution in [1.82, 2.24) is 4.98 Å². The first-order valence-electron chi connectivity index (χ1n) is 6.93. The van der Waals surface area contributed by atoms with E-state index in [9.17, 15) is 9.90 Å². The van der Waals surface area contributed by atoms with Gasteiger partial charge in [0.25, 0.3) is 0 Å². The average Bonchev–Trinajstić information content (AvgIpc) is 2.90. The lowest BCUT2D eigenvalue weighted by molar-refractivity contribution is -0.150. The zero-order valence-electron chi connectivity index (χ0n) is 11.4. The van der Waals surface area contributed by atoms with Crippen molar-refractivity contribution < 1.29 is 9.90 Å². The highest BCUT2D eigenvalue weighted by atomic mass is 32.1. The molecule has 0 saturated heterocycles. The lowest BCUT2D eigenvalue weighted by Gasteiger charge is -2.38. The highest BCUT2D eigenvalue weighted by Gasteiger charge is 2.43. The first-order chi connectivity index (χ1) is 9.61. The lowest BCUT2D eigenvalue weighted by atomic mass is 9.71. The molecule has 2 N–H and O–H groups in total. The molecule has 4 nitrogen and oxygen atoms in total. The van der Waals surface area contributed by atoms with E-state index in [1.807, 2.05) is 24.4 Å². The summed E-state index contributed by atoms with van der Waals surface area (Å²) in [7, 11) is 0. The molecule has 1 aliphatic carbocycles. The van der Waals surface area contributed by atoms with Crippen LogP contribution in [0.5, 0.6) is 0 Å². The number of carboxylic acids is 1. The molecule has 2 unspecified atom stereocenters. The number of hydrogen-bond acceptors (Lipinski definition) is 4. The number of anilines is 1. The predicted octanol–water partition coefficient (Wildman–Crippen LogP) is 3.74. The summed E-state index contributed by atoms with van der Waals surface area (Å²) in [5.74, 6) is 0.0929. The van der Waals surface area contributed by atoms with Crippen LogP contribution in [0.4, 0.5) is 5.82 Å². The first kappa shape index (κ1) is 13.4. The number of rotatable bonds is 3. The van der Waals surface area contributed by atoms with Crippen LogP contribution in [0.15, 0.2) is 23.7 Å². The summed E-state index contributed by atoms with van der Waals surface area (Å²) in [6, 6.07) is 3.96. The molecule has 0 spiro atoms. The summed E-state index contributed by atoms with van der Waals surface area (Å²) in [6.45, 7) is 1.85. The second kappa shape index (κ2) is 5.05. The summed E-state index contributed by atoms with van der Waals surface area (Å²) in [4.78, 5) is 16.0. The molecular formula is C15H18N2O2S. The Morgan fingerprint density at radius 1 is 1.50 bits per heavy atom. The van der Waals surface area contributed by atoms with Gasteiger partial charge in [0, 0.05) is 22.3 Å². The highest BCUT2D eigenvalue weighted by molar-refractivity contribution is 7.17. The molecule has 2 atom stereocenters. The molecule has 2 aromatic rings. The van der Waals surface area contributed by atoms with Gasteiger partial charge in [0.2, 0.25) is 0 Å². The Kier molecular flexibility index (Phi) is 3.38. The number of aliphatic carboxylic acids is 1. The van der Waals surface area contributed by atoms with Gasteiger partial charge in [-0.15, -0.1) is 11.3 Å². The van der Waals surface area contributed by atoms with Gasteiger partial charge in [0.1, 0.15) is 5.82 Å². The summed E-state index contributed by atoms with van der Waals surface area (Å²) in [5, 5.41) is 16.1. The van der Waals surface area contributed by atoms with Crippen LogP contribution in [0.2, 0.25) is 0 Å². The van der Waals surface area contributed by atoms with Gasteiger partial charge in [0.05, 0.1) is 5.41 Å². The zero-order valence-corrected chi connectivity index (χ0v) is 12.2. The van der Waals surface area contributed by atoms with Gasteiger partial charge in [-0.25, -0.2) is 4.98 Å². The van der Waals surface area contributed by atoms with E-state index in [4.69, 9.17) is 0 Å². The molecular weight excluding hydrogens is 272 g/mol. The van der Waals surface area contributed by atoms with E-state index in [0.29, 0.717) is 0 Å². The van der Waals surface area contributed by atoms with Gasteiger partial charge in [-0.2, -0.15) is 0 Å². The standard InChI is InChI=1S/C15H18N2O2S/c1-15(14(18)19)7-3-2-4-12(15)17-13-10-6-9-20-11(10)5-8-16-13/h5-6,8-9,12H,2-4,7H2,1H3,(H,16,17)(H,18,19). The van der Waals surface area contributed by atoms with Crippen LogP contribution >= 0.6 is 11.3 Å². The second-order valence-electron chi connectivity index (χ2n) is 5.66. The highest BCUT2D eigenvalue weighted by Crippen LogP contribution is 2.39. The molecule has 5 heteroatoms. The monoisotopic (exact) mass is 290 g/mol. The van der Waals surface area contributed by atoms with Crippen molar-refractivity contribution in [2.24, 2.45) is 5.41 Å². The van der Waals surface area contributed by atoms with E-state index in [1.54, 1.807) is 17.5 Å². The van der Waals surface area contributed by atoms with Crippen molar-refractivity contribution in [3.8, 4) is 0 Å². The average molecular weight is 290 g/mol. The number of aromatic nitrogens is 1. The number of pyridine rings is 1. The van der Waals surface area contributed by atoms with Crippen LogP contribution in [-0.4, -0.2) is 22.1 Å². The third-order valence-electron chi connectivity index (χ3n) is 4.39. The van der Waals surface area contributed by atoms with Gasteiger partial charge >= 0.3 is 5.97 Å².